The summed E-state index contributed by atoms with van der Waals surface area (Å²) in [4.78, 5) is 40.1. The molecule has 3 unspecified atom stereocenters. The van der Waals surface area contributed by atoms with Gasteiger partial charge in [-0.05, 0) is 50.3 Å². The number of amides is 2. The van der Waals surface area contributed by atoms with E-state index in [1.54, 1.807) is 34.6 Å². The number of carbonyl (C=O) groups excluding carboxylic acids is 2. The number of nitrogens with zero attached hydrogens (tertiary/aromatic N) is 5. The highest BCUT2D eigenvalue weighted by molar-refractivity contribution is 7.92. The van der Waals surface area contributed by atoms with Gasteiger partial charge < -0.3 is 31.6 Å². The Morgan fingerprint density at radius 3 is 2.57 bits per heavy atom. The molecule has 2 aromatic rings. The Kier molecular flexibility index (Phi) is 9.17. The first kappa shape index (κ1) is 32.5. The summed E-state index contributed by atoms with van der Waals surface area (Å²) in [5.74, 6) is -0.748. The topological polar surface area (TPSA) is 212 Å². The van der Waals surface area contributed by atoms with E-state index in [1.165, 1.54) is 0 Å². The van der Waals surface area contributed by atoms with Crippen molar-refractivity contribution in [2.75, 3.05) is 44.2 Å². The molecule has 3 saturated heterocycles. The number of hydrogen-bond donors (Lipinski definition) is 4. The molecular weight excluding hydrogens is 654 g/mol. The minimum Gasteiger partial charge on any atom is -0.597 e. The fourth-order valence-electron chi connectivity index (χ4n) is 6.39. The third-order valence-electron chi connectivity index (χ3n) is 9.03. The van der Waals surface area contributed by atoms with E-state index in [0.717, 1.165) is 6.42 Å². The van der Waals surface area contributed by atoms with Gasteiger partial charge in [0, 0.05) is 49.5 Å². The molecule has 3 atom stereocenters. The summed E-state index contributed by atoms with van der Waals surface area (Å²) in [6, 6.07) is 8.37. The van der Waals surface area contributed by atoms with E-state index >= 15 is 0 Å². The van der Waals surface area contributed by atoms with Gasteiger partial charge in [0.25, 0.3) is 0 Å². The van der Waals surface area contributed by atoms with Crippen LogP contribution < -0.4 is 22.1 Å². The minimum absolute atomic E-state index is 0.0631. The number of likely N-dealkylation sites (tertiary alicyclic amines) is 1. The standard InChI is InChI=1S/C29H36ClN9O5S2/c30-23-25(32)35-24(31)22(34-23)26(40)36-28-33-17-29(37-28)10-13-38(14-11-29)27(41)18-5-4-6-19(15-18)45(42)39-12-9-21(16-39)46(43,44)20-7-2-1-3-8-20/h1-3,7-8,15,19,21H,4-6,9-14,16-17H2,(H4,31,32,35)(H2,33,36,37,40). The van der Waals surface area contributed by atoms with Crippen LogP contribution in [0.4, 0.5) is 11.6 Å². The van der Waals surface area contributed by atoms with Crippen molar-refractivity contribution in [3.05, 3.63) is 52.8 Å². The van der Waals surface area contributed by atoms with E-state index in [-0.39, 0.29) is 56.6 Å². The number of benzene rings is 1. The lowest BCUT2D eigenvalue weighted by molar-refractivity contribution is -0.128. The molecule has 14 nitrogen and oxygen atoms in total. The Morgan fingerprint density at radius 1 is 1.09 bits per heavy atom. The van der Waals surface area contributed by atoms with Gasteiger partial charge in [0.2, 0.25) is 5.91 Å². The van der Waals surface area contributed by atoms with Crippen molar-refractivity contribution in [2.24, 2.45) is 4.99 Å². The number of guanidine groups is 1. The maximum Gasteiger partial charge on any atom is 0.302 e. The Bertz CT molecular complexity index is 1680. The normalized spacial score (nSPS) is 24.8. The van der Waals surface area contributed by atoms with Gasteiger partial charge >= 0.3 is 5.91 Å². The van der Waals surface area contributed by atoms with Gasteiger partial charge in [-0.1, -0.05) is 29.8 Å². The second kappa shape index (κ2) is 13.0. The van der Waals surface area contributed by atoms with Gasteiger partial charge in [0.05, 0.1) is 22.2 Å². The van der Waals surface area contributed by atoms with E-state index in [9.17, 15) is 22.6 Å². The van der Waals surface area contributed by atoms with Crippen LogP contribution in [0.2, 0.25) is 5.15 Å². The van der Waals surface area contributed by atoms with Gasteiger partial charge in [0.1, 0.15) is 0 Å². The van der Waals surface area contributed by atoms with Gasteiger partial charge in [-0.15, -0.1) is 4.31 Å². The lowest BCUT2D eigenvalue weighted by Gasteiger charge is -2.39. The number of carbonyl (C=O) groups is 2. The molecule has 246 valence electrons. The predicted molar refractivity (Wildman–Crippen MR) is 175 cm³/mol. The van der Waals surface area contributed by atoms with Crippen LogP contribution in [0.1, 0.15) is 49.0 Å². The van der Waals surface area contributed by atoms with Crippen LogP contribution in [0.25, 0.3) is 0 Å². The molecule has 17 heteroatoms. The number of aliphatic imine (C=N–C) groups is 1. The summed E-state index contributed by atoms with van der Waals surface area (Å²) in [5, 5.41) is 5.33. The van der Waals surface area contributed by atoms with E-state index in [0.29, 0.717) is 63.9 Å². The molecule has 0 radical (unpaired) electrons. The van der Waals surface area contributed by atoms with Crippen molar-refractivity contribution in [1.29, 1.82) is 0 Å². The quantitative estimate of drug-likeness (QED) is 0.313. The fraction of sp³-hybridized carbons (Fsp3) is 0.483. The monoisotopic (exact) mass is 689 g/mol. The molecule has 0 saturated carbocycles. The van der Waals surface area contributed by atoms with Crippen molar-refractivity contribution < 1.29 is 22.6 Å². The molecule has 6 rings (SSSR count). The molecule has 0 bridgehead atoms. The number of anilines is 2. The molecule has 1 aromatic heterocycles. The smallest absolute Gasteiger partial charge is 0.302 e. The number of piperidine rings is 1. The lowest BCUT2D eigenvalue weighted by atomic mass is 9.88. The van der Waals surface area contributed by atoms with E-state index in [4.69, 9.17) is 23.1 Å². The Morgan fingerprint density at radius 2 is 1.83 bits per heavy atom. The number of aromatic nitrogens is 2. The van der Waals surface area contributed by atoms with Crippen LogP contribution in [0, 0.1) is 0 Å². The van der Waals surface area contributed by atoms with Gasteiger partial charge in [-0.3, -0.25) is 9.59 Å². The second-order valence-electron chi connectivity index (χ2n) is 12.0. The minimum atomic E-state index is -3.52. The zero-order chi connectivity index (χ0) is 32.6. The second-order valence-corrected chi connectivity index (χ2v) is 16.3. The molecule has 2 amide bonds. The van der Waals surface area contributed by atoms with Crippen molar-refractivity contribution >= 4 is 62.2 Å². The SMILES string of the molecule is Nc1nc(N)c(C(=O)/N=C2\NCC3(CCN(C(=O)C4=CC([S+]([O-])N5CCC(S(=O)(=O)c6ccccc6)C5)CCC4)CC3)N2)nc1Cl. The molecule has 46 heavy (non-hydrogen) atoms. The molecular formula is C29H36ClN9O5S2. The predicted octanol–water partition coefficient (Wildman–Crippen LogP) is 1.04. The largest absolute Gasteiger partial charge is 0.597 e. The maximum absolute atomic E-state index is 13.6. The van der Waals surface area contributed by atoms with Crippen LogP contribution in [-0.2, 0) is 26.0 Å². The van der Waals surface area contributed by atoms with Crippen LogP contribution >= 0.6 is 11.6 Å². The first-order valence-corrected chi connectivity index (χ1v) is 18.2. The lowest BCUT2D eigenvalue weighted by Crippen LogP contribution is -2.54. The van der Waals surface area contributed by atoms with Crippen molar-refractivity contribution in [3.8, 4) is 0 Å². The van der Waals surface area contributed by atoms with Crippen LogP contribution in [0.15, 0.2) is 51.9 Å². The molecule has 1 aliphatic carbocycles. The van der Waals surface area contributed by atoms with Gasteiger partial charge in [-0.2, -0.15) is 4.99 Å². The average Bonchev–Trinajstić information content (AvgIpc) is 3.71. The van der Waals surface area contributed by atoms with Gasteiger partial charge in [0.15, 0.2) is 43.5 Å². The van der Waals surface area contributed by atoms with Crippen molar-refractivity contribution in [2.45, 2.75) is 59.5 Å². The highest BCUT2D eigenvalue weighted by Gasteiger charge is 2.43. The number of nitrogens with one attached hydrogen (secondary N) is 2. The molecule has 4 heterocycles. The Labute approximate surface area is 275 Å². The van der Waals surface area contributed by atoms with Crippen LogP contribution in [-0.4, -0.2) is 98.7 Å². The van der Waals surface area contributed by atoms with Crippen molar-refractivity contribution in [1.82, 2.24) is 29.8 Å². The summed E-state index contributed by atoms with van der Waals surface area (Å²) < 4.78 is 41.5. The fourth-order valence-corrected chi connectivity index (χ4v) is 9.97. The zero-order valence-electron chi connectivity index (χ0n) is 25.0. The highest BCUT2D eigenvalue weighted by Crippen LogP contribution is 2.32. The summed E-state index contributed by atoms with van der Waals surface area (Å²) in [6.45, 7) is 2.15. The number of hydrogen-bond acceptors (Lipinski definition) is 10. The summed E-state index contributed by atoms with van der Waals surface area (Å²) >= 11 is 4.45. The van der Waals surface area contributed by atoms with Crippen LogP contribution in [0.5, 0.6) is 0 Å². The third-order valence-corrected chi connectivity index (χ3v) is 13.2. The molecule has 6 N–H and O–H groups in total. The zero-order valence-corrected chi connectivity index (χ0v) is 27.4. The number of sulfone groups is 1. The number of nitrogen functional groups attached to an aromatic ring is 2. The highest BCUT2D eigenvalue weighted by atomic mass is 35.5. The Balaban J connectivity index is 1.04. The van der Waals surface area contributed by atoms with E-state index in [1.807, 2.05) is 11.0 Å². The summed E-state index contributed by atoms with van der Waals surface area (Å²) in [5.41, 5.74) is 11.4. The first-order valence-electron chi connectivity index (χ1n) is 15.1. The third kappa shape index (κ3) is 6.53. The number of rotatable bonds is 6. The number of nitrogens with two attached hydrogens (primary N) is 2. The number of halogens is 1. The summed E-state index contributed by atoms with van der Waals surface area (Å²) in [7, 11) is -3.52. The molecule has 1 spiro atoms. The molecule has 3 aliphatic heterocycles. The Hall–Kier alpha value is -3.44. The summed E-state index contributed by atoms with van der Waals surface area (Å²) in [6.07, 6.45) is 5.54. The van der Waals surface area contributed by atoms with Crippen LogP contribution in [0.3, 0.4) is 0 Å². The van der Waals surface area contributed by atoms with E-state index in [2.05, 4.69) is 25.6 Å². The van der Waals surface area contributed by atoms with E-state index < -0.39 is 32.4 Å². The maximum atomic E-state index is 13.6. The average molecular weight is 690 g/mol. The first-order chi connectivity index (χ1) is 22.0. The molecule has 4 aliphatic rings. The molecule has 3 fully saturated rings. The molecule has 1 aromatic carbocycles. The van der Waals surface area contributed by atoms with Crippen molar-refractivity contribution in [3.63, 3.8) is 0 Å². The van der Waals surface area contributed by atoms with Gasteiger partial charge in [-0.25, -0.2) is 18.4 Å².